The Morgan fingerprint density at radius 3 is 2.29 bits per heavy atom. The molecular weight excluding hydrogens is 198 g/mol. The van der Waals surface area contributed by atoms with Crippen LogP contribution in [-0.2, 0) is 6.54 Å². The van der Waals surface area contributed by atoms with E-state index in [1.165, 1.54) is 0 Å². The highest BCUT2D eigenvalue weighted by atomic mass is 35.5. The van der Waals surface area contributed by atoms with Crippen LogP contribution in [0.4, 0.5) is 5.82 Å². The number of anilines is 1. The molecule has 1 aromatic rings. The number of aromatic nitrogens is 2. The van der Waals surface area contributed by atoms with Gasteiger partial charge >= 0.3 is 0 Å². The van der Waals surface area contributed by atoms with Crippen LogP contribution in [0.5, 0.6) is 0 Å². The molecule has 0 atom stereocenters. The van der Waals surface area contributed by atoms with Crippen LogP contribution in [-0.4, -0.2) is 9.78 Å². The first-order valence-corrected chi connectivity index (χ1v) is 5.33. The Morgan fingerprint density at radius 1 is 1.36 bits per heavy atom. The molecule has 0 radical (unpaired) electrons. The average Bonchev–Trinajstić information content (AvgIpc) is 2.32. The first-order valence-electron chi connectivity index (χ1n) is 4.95. The van der Waals surface area contributed by atoms with Crippen LogP contribution in [0.1, 0.15) is 39.3 Å². The minimum absolute atomic E-state index is 0.318. The molecule has 1 heterocycles. The molecule has 0 aromatic carbocycles. The third kappa shape index (κ3) is 2.21. The Balaban J connectivity index is 3.02. The normalized spacial score (nSPS) is 11.6. The van der Waals surface area contributed by atoms with E-state index in [1.807, 2.05) is 0 Å². The van der Waals surface area contributed by atoms with Crippen molar-refractivity contribution in [1.29, 1.82) is 0 Å². The van der Waals surface area contributed by atoms with Gasteiger partial charge in [0.1, 0.15) is 10.8 Å². The summed E-state index contributed by atoms with van der Waals surface area (Å²) in [6.07, 6.45) is 0. The number of halogens is 1. The molecule has 0 spiro atoms. The van der Waals surface area contributed by atoms with Gasteiger partial charge in [0.15, 0.2) is 0 Å². The number of rotatable bonds is 3. The standard InChI is InChI=1S/C10H18ClN3/c1-6(2)5-14-10(12)8(11)9(13-14)7(3)4/h6-7H,5,12H2,1-4H3. The van der Waals surface area contributed by atoms with Crippen LogP contribution in [0.3, 0.4) is 0 Å². The number of hydrogen-bond donors (Lipinski definition) is 1. The fourth-order valence-corrected chi connectivity index (χ4v) is 1.68. The zero-order valence-electron chi connectivity index (χ0n) is 9.21. The molecule has 3 nitrogen and oxygen atoms in total. The Kier molecular flexibility index (Phi) is 3.43. The van der Waals surface area contributed by atoms with Gasteiger partial charge < -0.3 is 5.73 Å². The molecule has 0 unspecified atom stereocenters. The van der Waals surface area contributed by atoms with Gasteiger partial charge in [0.2, 0.25) is 0 Å². The van der Waals surface area contributed by atoms with Gasteiger partial charge in [-0.05, 0) is 11.8 Å². The van der Waals surface area contributed by atoms with E-state index < -0.39 is 0 Å². The van der Waals surface area contributed by atoms with Gasteiger partial charge in [-0.1, -0.05) is 39.3 Å². The third-order valence-electron chi connectivity index (χ3n) is 2.04. The fourth-order valence-electron chi connectivity index (χ4n) is 1.33. The largest absolute Gasteiger partial charge is 0.383 e. The van der Waals surface area contributed by atoms with Crippen molar-refractivity contribution in [2.24, 2.45) is 5.92 Å². The van der Waals surface area contributed by atoms with E-state index in [2.05, 4.69) is 32.8 Å². The monoisotopic (exact) mass is 215 g/mol. The van der Waals surface area contributed by atoms with Crippen LogP contribution in [0.25, 0.3) is 0 Å². The summed E-state index contributed by atoms with van der Waals surface area (Å²) >= 11 is 6.08. The lowest BCUT2D eigenvalue weighted by Crippen LogP contribution is -2.09. The molecule has 2 N–H and O–H groups in total. The number of hydrogen-bond acceptors (Lipinski definition) is 2. The number of nitrogen functional groups attached to an aromatic ring is 1. The number of nitrogens with two attached hydrogens (primary N) is 1. The predicted octanol–water partition coefficient (Wildman–Crippen LogP) is 2.90. The highest BCUT2D eigenvalue weighted by Crippen LogP contribution is 2.28. The lowest BCUT2D eigenvalue weighted by atomic mass is 10.1. The van der Waals surface area contributed by atoms with E-state index in [1.54, 1.807) is 4.68 Å². The second kappa shape index (κ2) is 4.22. The Morgan fingerprint density at radius 2 is 1.93 bits per heavy atom. The van der Waals surface area contributed by atoms with Crippen LogP contribution < -0.4 is 5.73 Å². The van der Waals surface area contributed by atoms with E-state index in [-0.39, 0.29) is 0 Å². The summed E-state index contributed by atoms with van der Waals surface area (Å²) in [4.78, 5) is 0. The maximum atomic E-state index is 6.08. The van der Waals surface area contributed by atoms with E-state index in [0.29, 0.717) is 22.7 Å². The van der Waals surface area contributed by atoms with Gasteiger partial charge in [0, 0.05) is 6.54 Å². The molecular formula is C10H18ClN3. The van der Waals surface area contributed by atoms with Crippen molar-refractivity contribution in [1.82, 2.24) is 9.78 Å². The first-order chi connectivity index (χ1) is 6.43. The maximum absolute atomic E-state index is 6.08. The van der Waals surface area contributed by atoms with Crippen molar-refractivity contribution in [3.63, 3.8) is 0 Å². The van der Waals surface area contributed by atoms with Gasteiger partial charge in [-0.2, -0.15) is 5.10 Å². The van der Waals surface area contributed by atoms with Crippen LogP contribution in [0.15, 0.2) is 0 Å². The molecule has 80 valence electrons. The van der Waals surface area contributed by atoms with E-state index in [0.717, 1.165) is 12.2 Å². The molecule has 0 aliphatic carbocycles. The van der Waals surface area contributed by atoms with E-state index in [4.69, 9.17) is 17.3 Å². The highest BCUT2D eigenvalue weighted by Gasteiger charge is 2.16. The average molecular weight is 216 g/mol. The van der Waals surface area contributed by atoms with Crippen LogP contribution in [0.2, 0.25) is 5.02 Å². The minimum atomic E-state index is 0.318. The molecule has 14 heavy (non-hydrogen) atoms. The summed E-state index contributed by atoms with van der Waals surface area (Å²) in [5.41, 5.74) is 6.75. The minimum Gasteiger partial charge on any atom is -0.383 e. The van der Waals surface area contributed by atoms with Gasteiger partial charge in [-0.15, -0.1) is 0 Å². The second-order valence-electron chi connectivity index (χ2n) is 4.32. The highest BCUT2D eigenvalue weighted by molar-refractivity contribution is 6.33. The maximum Gasteiger partial charge on any atom is 0.140 e. The topological polar surface area (TPSA) is 43.8 Å². The molecule has 4 heteroatoms. The van der Waals surface area contributed by atoms with Gasteiger partial charge in [0.05, 0.1) is 5.69 Å². The molecule has 0 bridgehead atoms. The van der Waals surface area contributed by atoms with Crippen molar-refractivity contribution in [2.75, 3.05) is 5.73 Å². The summed E-state index contributed by atoms with van der Waals surface area (Å²) in [5, 5.41) is 5.02. The van der Waals surface area contributed by atoms with Crippen molar-refractivity contribution < 1.29 is 0 Å². The summed E-state index contributed by atoms with van der Waals surface area (Å²) < 4.78 is 1.79. The van der Waals surface area contributed by atoms with Crippen molar-refractivity contribution in [3.8, 4) is 0 Å². The van der Waals surface area contributed by atoms with Crippen molar-refractivity contribution >= 4 is 17.4 Å². The van der Waals surface area contributed by atoms with E-state index in [9.17, 15) is 0 Å². The molecule has 0 aliphatic heterocycles. The van der Waals surface area contributed by atoms with Crippen LogP contribution >= 0.6 is 11.6 Å². The molecule has 0 saturated heterocycles. The summed E-state index contributed by atoms with van der Waals surface area (Å²) in [7, 11) is 0. The number of nitrogens with zero attached hydrogens (tertiary/aromatic N) is 2. The van der Waals surface area contributed by atoms with Gasteiger partial charge in [-0.25, -0.2) is 4.68 Å². The lowest BCUT2D eigenvalue weighted by molar-refractivity contribution is 0.483. The molecule has 1 aromatic heterocycles. The first kappa shape index (κ1) is 11.4. The Hall–Kier alpha value is -0.700. The Labute approximate surface area is 90.2 Å². The molecule has 0 amide bonds. The summed E-state index contributed by atoms with van der Waals surface area (Å²) in [6.45, 7) is 9.20. The zero-order valence-corrected chi connectivity index (χ0v) is 9.97. The van der Waals surface area contributed by atoms with Crippen LogP contribution in [0, 0.1) is 5.92 Å². The van der Waals surface area contributed by atoms with Crippen molar-refractivity contribution in [2.45, 2.75) is 40.2 Å². The molecule has 1 rings (SSSR count). The molecule has 0 fully saturated rings. The lowest BCUT2D eigenvalue weighted by Gasteiger charge is -2.06. The Bertz CT molecular complexity index is 315. The van der Waals surface area contributed by atoms with E-state index >= 15 is 0 Å². The van der Waals surface area contributed by atoms with Crippen molar-refractivity contribution in [3.05, 3.63) is 10.7 Å². The van der Waals surface area contributed by atoms with Gasteiger partial charge in [-0.3, -0.25) is 0 Å². The third-order valence-corrected chi connectivity index (χ3v) is 2.43. The molecule has 0 saturated carbocycles. The fraction of sp³-hybridized carbons (Fsp3) is 0.700. The SMILES string of the molecule is CC(C)Cn1nc(C(C)C)c(Cl)c1N. The van der Waals surface area contributed by atoms with Gasteiger partial charge in [0.25, 0.3) is 0 Å². The zero-order chi connectivity index (χ0) is 10.9. The summed E-state index contributed by atoms with van der Waals surface area (Å²) in [5.74, 6) is 1.43. The quantitative estimate of drug-likeness (QED) is 0.843. The smallest absolute Gasteiger partial charge is 0.140 e. The molecule has 0 aliphatic rings. The summed E-state index contributed by atoms with van der Waals surface area (Å²) in [6, 6.07) is 0. The second-order valence-corrected chi connectivity index (χ2v) is 4.69. The predicted molar refractivity (Wildman–Crippen MR) is 60.6 cm³/mol.